The van der Waals surface area contributed by atoms with Crippen LogP contribution in [0.1, 0.15) is 22.8 Å². The lowest BCUT2D eigenvalue weighted by atomic mass is 10.1. The molecule has 1 heterocycles. The molecule has 0 aliphatic heterocycles. The molecule has 0 atom stereocenters. The van der Waals surface area contributed by atoms with E-state index in [-0.39, 0.29) is 10.5 Å². The number of carbonyl (C=O) groups is 3. The van der Waals surface area contributed by atoms with E-state index in [1.54, 1.807) is 18.2 Å². The van der Waals surface area contributed by atoms with Crippen LogP contribution in [0.15, 0.2) is 71.6 Å². The van der Waals surface area contributed by atoms with Crippen molar-refractivity contribution in [3.63, 3.8) is 0 Å². The topological polar surface area (TPSA) is 147 Å². The third-order valence-corrected chi connectivity index (χ3v) is 6.55. The largest absolute Gasteiger partial charge is 0.452 e. The highest BCUT2D eigenvalue weighted by atomic mass is 32.2. The highest BCUT2D eigenvalue weighted by Crippen LogP contribution is 2.22. The number of aromatic nitrogens is 2. The van der Waals surface area contributed by atoms with Crippen LogP contribution in [-0.4, -0.2) is 42.8 Å². The number of ether oxygens (including phenoxy) is 1. The number of nitrogens with one attached hydrogen (secondary N) is 3. The van der Waals surface area contributed by atoms with Gasteiger partial charge in [-0.05, 0) is 49.4 Å². The average Bonchev–Trinajstić information content (AvgIpc) is 3.26. The molecule has 0 fully saturated rings. The Morgan fingerprint density at radius 1 is 0.972 bits per heavy atom. The van der Waals surface area contributed by atoms with Crippen molar-refractivity contribution in [1.29, 1.82) is 0 Å². The molecule has 0 unspecified atom stereocenters. The molecule has 0 radical (unpaired) electrons. The minimum Gasteiger partial charge on any atom is -0.452 e. The first-order chi connectivity index (χ1) is 17.1. The number of fused-ring (bicyclic) bond motifs is 1. The van der Waals surface area contributed by atoms with Crippen molar-refractivity contribution >= 4 is 44.5 Å². The van der Waals surface area contributed by atoms with Crippen LogP contribution in [0.4, 0.5) is 5.69 Å². The zero-order valence-electron chi connectivity index (χ0n) is 19.4. The number of aromatic amines is 1. The van der Waals surface area contributed by atoms with E-state index in [9.17, 15) is 22.8 Å². The molecule has 3 aromatic carbocycles. The number of nitrogens with zero attached hydrogens (tertiary/aromatic N) is 1. The summed E-state index contributed by atoms with van der Waals surface area (Å²) >= 11 is 0. The predicted octanol–water partition coefficient (Wildman–Crippen LogP) is 3.16. The standard InChI is InChI=1S/C25H22N4O6S/c1-15-3-5-17(6-4-15)24-27-21-12-7-18(13-22(21)28-24)25(32)35-14-23(31)26-19-8-10-20(11-9-19)36(33,34)29-16(2)30/h3-13H,14H2,1-2H3,(H,26,31)(H,27,28)(H,29,30). The number of benzene rings is 3. The van der Waals surface area contributed by atoms with E-state index in [0.717, 1.165) is 18.1 Å². The van der Waals surface area contributed by atoms with E-state index in [2.05, 4.69) is 15.3 Å². The lowest BCUT2D eigenvalue weighted by Gasteiger charge is -2.08. The second kappa shape index (κ2) is 10.0. The molecule has 36 heavy (non-hydrogen) atoms. The van der Waals surface area contributed by atoms with Gasteiger partial charge in [0.1, 0.15) is 5.82 Å². The number of H-pyrrole nitrogens is 1. The van der Waals surface area contributed by atoms with E-state index in [4.69, 9.17) is 4.74 Å². The second-order valence-corrected chi connectivity index (χ2v) is 9.68. The molecule has 0 aliphatic carbocycles. The second-order valence-electron chi connectivity index (χ2n) is 7.99. The van der Waals surface area contributed by atoms with Gasteiger partial charge in [0.15, 0.2) is 6.61 Å². The Morgan fingerprint density at radius 2 is 1.67 bits per heavy atom. The smallest absolute Gasteiger partial charge is 0.338 e. The molecular formula is C25H22N4O6S. The van der Waals surface area contributed by atoms with E-state index < -0.39 is 34.4 Å². The number of hydrogen-bond acceptors (Lipinski definition) is 7. The first-order valence-electron chi connectivity index (χ1n) is 10.8. The van der Waals surface area contributed by atoms with Crippen molar-refractivity contribution in [3.8, 4) is 11.4 Å². The van der Waals surface area contributed by atoms with Crippen molar-refractivity contribution in [2.24, 2.45) is 0 Å². The van der Waals surface area contributed by atoms with Crippen molar-refractivity contribution in [2.75, 3.05) is 11.9 Å². The molecule has 0 saturated heterocycles. The fourth-order valence-electron chi connectivity index (χ4n) is 3.36. The number of sulfonamides is 1. The average molecular weight is 507 g/mol. The van der Waals surface area contributed by atoms with E-state index in [1.165, 1.54) is 24.3 Å². The van der Waals surface area contributed by atoms with E-state index in [1.807, 2.05) is 35.9 Å². The number of aryl methyl sites for hydroxylation is 1. The molecule has 0 spiro atoms. The van der Waals surface area contributed by atoms with Gasteiger partial charge in [-0.2, -0.15) is 0 Å². The first kappa shape index (κ1) is 24.6. The van der Waals surface area contributed by atoms with Gasteiger partial charge in [-0.15, -0.1) is 0 Å². The Balaban J connectivity index is 1.36. The lowest BCUT2D eigenvalue weighted by molar-refractivity contribution is -0.119. The Labute approximate surface area is 206 Å². The van der Waals surface area contributed by atoms with E-state index in [0.29, 0.717) is 22.5 Å². The third kappa shape index (κ3) is 5.76. The summed E-state index contributed by atoms with van der Waals surface area (Å²) in [5.74, 6) is -1.33. The van der Waals surface area contributed by atoms with Crippen LogP contribution in [0.5, 0.6) is 0 Å². The fourth-order valence-corrected chi connectivity index (χ4v) is 4.35. The molecule has 3 N–H and O–H groups in total. The van der Waals surface area contributed by atoms with Crippen LogP contribution in [0, 0.1) is 6.92 Å². The monoisotopic (exact) mass is 506 g/mol. The number of carbonyl (C=O) groups excluding carboxylic acids is 3. The van der Waals surface area contributed by atoms with Crippen molar-refractivity contribution in [2.45, 2.75) is 18.7 Å². The molecule has 0 aliphatic rings. The number of anilines is 1. The molecule has 0 saturated carbocycles. The van der Waals surface area contributed by atoms with Crippen LogP contribution in [-0.2, 0) is 24.3 Å². The molecule has 1 aromatic heterocycles. The quantitative estimate of drug-likeness (QED) is 0.326. The number of esters is 1. The van der Waals surface area contributed by atoms with Crippen LogP contribution in [0.25, 0.3) is 22.4 Å². The van der Waals surface area contributed by atoms with Gasteiger partial charge in [-0.3, -0.25) is 9.59 Å². The minimum absolute atomic E-state index is 0.137. The molecule has 184 valence electrons. The van der Waals surface area contributed by atoms with Gasteiger partial charge in [0, 0.05) is 18.2 Å². The van der Waals surface area contributed by atoms with Gasteiger partial charge in [0.25, 0.3) is 15.9 Å². The van der Waals surface area contributed by atoms with Crippen LogP contribution in [0.2, 0.25) is 0 Å². The Hall–Kier alpha value is -4.51. The zero-order valence-corrected chi connectivity index (χ0v) is 20.2. The molecule has 4 aromatic rings. The summed E-state index contributed by atoms with van der Waals surface area (Å²) in [6.45, 7) is 2.54. The molecule has 10 nitrogen and oxygen atoms in total. The Bertz CT molecular complexity index is 1560. The highest BCUT2D eigenvalue weighted by Gasteiger charge is 2.16. The molecule has 4 rings (SSSR count). The van der Waals surface area contributed by atoms with Gasteiger partial charge >= 0.3 is 5.97 Å². The SMILES string of the molecule is CC(=O)NS(=O)(=O)c1ccc(NC(=O)COC(=O)c2ccc3nc(-c4ccc(C)cc4)[nH]c3c2)cc1. The maximum atomic E-state index is 12.5. The van der Waals surface area contributed by atoms with Crippen LogP contribution < -0.4 is 10.0 Å². The maximum absolute atomic E-state index is 12.5. The fraction of sp³-hybridized carbons (Fsp3) is 0.120. The van der Waals surface area contributed by atoms with Crippen molar-refractivity contribution in [1.82, 2.24) is 14.7 Å². The molecular weight excluding hydrogens is 484 g/mol. The summed E-state index contributed by atoms with van der Waals surface area (Å²) in [5.41, 5.74) is 3.93. The minimum atomic E-state index is -3.98. The zero-order chi connectivity index (χ0) is 25.9. The summed E-state index contributed by atoms with van der Waals surface area (Å²) < 4.78 is 30.9. The predicted molar refractivity (Wildman–Crippen MR) is 133 cm³/mol. The molecule has 2 amide bonds. The number of rotatable bonds is 7. The first-order valence-corrected chi connectivity index (χ1v) is 12.3. The van der Waals surface area contributed by atoms with E-state index >= 15 is 0 Å². The normalized spacial score (nSPS) is 11.2. The molecule has 11 heteroatoms. The molecule has 0 bridgehead atoms. The van der Waals surface area contributed by atoms with Gasteiger partial charge in [-0.25, -0.2) is 22.9 Å². The lowest BCUT2D eigenvalue weighted by Crippen LogP contribution is -2.28. The highest BCUT2D eigenvalue weighted by molar-refractivity contribution is 7.90. The third-order valence-electron chi connectivity index (χ3n) is 5.10. The van der Waals surface area contributed by atoms with Crippen LogP contribution >= 0.6 is 0 Å². The maximum Gasteiger partial charge on any atom is 0.338 e. The number of hydrogen-bond donors (Lipinski definition) is 3. The van der Waals surface area contributed by atoms with Crippen molar-refractivity contribution < 1.29 is 27.5 Å². The summed E-state index contributed by atoms with van der Waals surface area (Å²) in [6, 6.07) is 17.9. The van der Waals surface area contributed by atoms with Crippen molar-refractivity contribution in [3.05, 3.63) is 77.9 Å². The summed E-state index contributed by atoms with van der Waals surface area (Å²) in [6.07, 6.45) is 0. The Morgan fingerprint density at radius 3 is 2.33 bits per heavy atom. The van der Waals surface area contributed by atoms with Gasteiger partial charge in [0.05, 0.1) is 21.5 Å². The van der Waals surface area contributed by atoms with Gasteiger partial charge in [-0.1, -0.05) is 29.8 Å². The van der Waals surface area contributed by atoms with Crippen LogP contribution in [0.3, 0.4) is 0 Å². The Kier molecular flexibility index (Phi) is 6.84. The van der Waals surface area contributed by atoms with Gasteiger partial charge < -0.3 is 15.0 Å². The number of imidazole rings is 1. The summed E-state index contributed by atoms with van der Waals surface area (Å²) in [7, 11) is -3.98. The summed E-state index contributed by atoms with van der Waals surface area (Å²) in [5, 5.41) is 2.51. The van der Waals surface area contributed by atoms with Gasteiger partial charge in [0.2, 0.25) is 5.91 Å². The summed E-state index contributed by atoms with van der Waals surface area (Å²) in [4.78, 5) is 43.3. The number of amides is 2.